The van der Waals surface area contributed by atoms with Gasteiger partial charge in [-0.3, -0.25) is 0 Å². The first-order chi connectivity index (χ1) is 10.1. The Morgan fingerprint density at radius 1 is 1.29 bits per heavy atom. The van der Waals surface area contributed by atoms with Crippen molar-refractivity contribution in [3.63, 3.8) is 0 Å². The minimum atomic E-state index is 0.244. The fraction of sp³-hybridized carbons (Fsp3) is 0.588. The van der Waals surface area contributed by atoms with Crippen LogP contribution in [0.25, 0.3) is 0 Å². The van der Waals surface area contributed by atoms with Crippen molar-refractivity contribution in [1.29, 1.82) is 5.26 Å². The first-order valence-corrected chi connectivity index (χ1v) is 8.05. The van der Waals surface area contributed by atoms with Crippen LogP contribution in [-0.4, -0.2) is 24.4 Å². The van der Waals surface area contributed by atoms with Gasteiger partial charge in [0.1, 0.15) is 5.75 Å². The molecular formula is C17H25BN2O. The minimum absolute atomic E-state index is 0.244. The van der Waals surface area contributed by atoms with E-state index in [4.69, 9.17) is 5.26 Å². The van der Waals surface area contributed by atoms with Gasteiger partial charge in [0.25, 0.3) is 6.71 Å². The van der Waals surface area contributed by atoms with E-state index in [1.54, 1.807) is 12.1 Å². The van der Waals surface area contributed by atoms with Crippen LogP contribution in [0.4, 0.5) is 5.69 Å². The van der Waals surface area contributed by atoms with Gasteiger partial charge in [-0.05, 0) is 49.4 Å². The zero-order chi connectivity index (χ0) is 15.2. The average molecular weight is 284 g/mol. The molecule has 21 heavy (non-hydrogen) atoms. The van der Waals surface area contributed by atoms with E-state index in [2.05, 4.69) is 24.7 Å². The number of phenols is 1. The molecule has 1 N–H and O–H groups in total. The molecule has 1 saturated heterocycles. The molecule has 0 bridgehead atoms. The lowest BCUT2D eigenvalue weighted by molar-refractivity contribution is 0.474. The van der Waals surface area contributed by atoms with Gasteiger partial charge in [-0.15, -0.1) is 0 Å². The van der Waals surface area contributed by atoms with Gasteiger partial charge >= 0.3 is 0 Å². The zero-order valence-corrected chi connectivity index (χ0v) is 13.1. The molecule has 2 rings (SSSR count). The molecule has 0 radical (unpaired) electrons. The molecule has 1 aliphatic heterocycles. The van der Waals surface area contributed by atoms with Gasteiger partial charge in [-0.25, -0.2) is 5.26 Å². The van der Waals surface area contributed by atoms with Gasteiger partial charge in [0.05, 0.1) is 0 Å². The topological polar surface area (TPSA) is 47.3 Å². The summed E-state index contributed by atoms with van der Waals surface area (Å²) in [6.07, 6.45) is 5.38. The quantitative estimate of drug-likeness (QED) is 0.832. The molecule has 0 aliphatic carbocycles. The van der Waals surface area contributed by atoms with Gasteiger partial charge < -0.3 is 10.0 Å². The van der Waals surface area contributed by atoms with E-state index in [1.807, 2.05) is 12.1 Å². The maximum Gasteiger partial charge on any atom is 0.268 e. The molecule has 0 atom stereocenters. The number of anilines is 1. The molecule has 1 aromatic rings. The van der Waals surface area contributed by atoms with E-state index in [0.29, 0.717) is 17.7 Å². The first-order valence-electron chi connectivity index (χ1n) is 8.05. The van der Waals surface area contributed by atoms with E-state index in [1.165, 1.54) is 12.1 Å². The normalized spacial score (nSPS) is 16.0. The van der Waals surface area contributed by atoms with Crippen molar-refractivity contribution in [1.82, 2.24) is 0 Å². The molecular weight excluding hydrogens is 259 g/mol. The summed E-state index contributed by atoms with van der Waals surface area (Å²) >= 11 is 0. The Morgan fingerprint density at radius 2 is 1.90 bits per heavy atom. The number of phenolic OH excluding ortho intramolecular Hbond substituents is 1. The Kier molecular flexibility index (Phi) is 5.55. The van der Waals surface area contributed by atoms with Crippen LogP contribution >= 0.6 is 0 Å². The maximum atomic E-state index is 9.48. The largest absolute Gasteiger partial charge is 0.508 e. The Balaban J connectivity index is 2.09. The Bertz CT molecular complexity index is 473. The van der Waals surface area contributed by atoms with E-state index < -0.39 is 0 Å². The smallest absolute Gasteiger partial charge is 0.268 e. The molecule has 0 amide bonds. The van der Waals surface area contributed by atoms with Crippen LogP contribution in [0.3, 0.4) is 0 Å². The van der Waals surface area contributed by atoms with Gasteiger partial charge in [0, 0.05) is 24.2 Å². The van der Waals surface area contributed by atoms with Crippen molar-refractivity contribution in [2.75, 3.05) is 11.4 Å². The Morgan fingerprint density at radius 3 is 2.43 bits per heavy atom. The van der Waals surface area contributed by atoms with Crippen molar-refractivity contribution in [3.8, 4) is 11.7 Å². The maximum absolute atomic E-state index is 9.48. The summed E-state index contributed by atoms with van der Waals surface area (Å²) in [5.74, 6) is 3.41. The SMILES string of the molecule is CC(C)CCN(c1ccc(O)cc1)C1CCB(C#N)CC1. The monoisotopic (exact) mass is 284 g/mol. The molecule has 0 saturated carbocycles. The lowest BCUT2D eigenvalue weighted by Crippen LogP contribution is -2.40. The highest BCUT2D eigenvalue weighted by Crippen LogP contribution is 2.29. The third kappa shape index (κ3) is 4.42. The lowest BCUT2D eigenvalue weighted by atomic mass is 9.42. The molecule has 0 unspecified atom stereocenters. The third-order valence-electron chi connectivity index (χ3n) is 4.45. The molecule has 112 valence electrons. The second-order valence-corrected chi connectivity index (χ2v) is 6.53. The molecule has 1 aliphatic rings. The summed E-state index contributed by atoms with van der Waals surface area (Å²) in [6.45, 7) is 5.79. The number of hydrogen-bond donors (Lipinski definition) is 1. The van der Waals surface area contributed by atoms with Crippen LogP contribution in [0.15, 0.2) is 24.3 Å². The summed E-state index contributed by atoms with van der Waals surface area (Å²) in [4.78, 5) is 2.48. The highest BCUT2D eigenvalue weighted by molar-refractivity contribution is 6.67. The summed E-state index contributed by atoms with van der Waals surface area (Å²) in [5, 5.41) is 18.5. The molecule has 1 aromatic carbocycles. The van der Waals surface area contributed by atoms with Gasteiger partial charge in [0.2, 0.25) is 0 Å². The predicted octanol–water partition coefficient (Wildman–Crippen LogP) is 3.96. The highest BCUT2D eigenvalue weighted by Gasteiger charge is 2.28. The van der Waals surface area contributed by atoms with Crippen LogP contribution in [0, 0.1) is 17.1 Å². The van der Waals surface area contributed by atoms with Crippen molar-refractivity contribution >= 4 is 12.4 Å². The Hall–Kier alpha value is -1.63. The number of nitriles is 1. The number of benzene rings is 1. The van der Waals surface area contributed by atoms with Crippen molar-refractivity contribution in [3.05, 3.63) is 24.3 Å². The molecule has 0 spiro atoms. The molecule has 3 nitrogen and oxygen atoms in total. The standard InChI is InChI=1S/C17H25BN2O/c1-14(2)9-12-20(15-3-5-17(21)6-4-15)16-7-10-18(13-19)11-8-16/h3-6,14,16,21H,7-12H2,1-2H3. The second-order valence-electron chi connectivity index (χ2n) is 6.53. The molecule has 1 heterocycles. The number of aromatic hydroxyl groups is 1. The van der Waals surface area contributed by atoms with Crippen LogP contribution in [0.5, 0.6) is 5.75 Å². The first kappa shape index (κ1) is 15.8. The molecule has 4 heteroatoms. The Labute approximate surface area is 128 Å². The number of nitrogens with zero attached hydrogens (tertiary/aromatic N) is 2. The van der Waals surface area contributed by atoms with Crippen LogP contribution in [0.2, 0.25) is 12.6 Å². The van der Waals surface area contributed by atoms with Gasteiger partial charge in [-0.2, -0.15) is 0 Å². The van der Waals surface area contributed by atoms with E-state index >= 15 is 0 Å². The van der Waals surface area contributed by atoms with Crippen molar-refractivity contribution in [2.24, 2.45) is 5.92 Å². The van der Waals surface area contributed by atoms with E-state index in [0.717, 1.165) is 32.0 Å². The van der Waals surface area contributed by atoms with Crippen molar-refractivity contribution in [2.45, 2.75) is 51.8 Å². The van der Waals surface area contributed by atoms with Crippen LogP contribution < -0.4 is 4.90 Å². The average Bonchev–Trinajstić information content (AvgIpc) is 2.49. The predicted molar refractivity (Wildman–Crippen MR) is 88.9 cm³/mol. The summed E-state index contributed by atoms with van der Waals surface area (Å²) in [5.41, 5.74) is 1.19. The van der Waals surface area contributed by atoms with E-state index in [9.17, 15) is 5.11 Å². The number of hydrogen-bond acceptors (Lipinski definition) is 3. The van der Waals surface area contributed by atoms with Gasteiger partial charge in [0.15, 0.2) is 0 Å². The zero-order valence-electron chi connectivity index (χ0n) is 13.1. The summed E-state index contributed by atoms with van der Waals surface area (Å²) in [7, 11) is 0. The summed E-state index contributed by atoms with van der Waals surface area (Å²) in [6, 6.07) is 8.06. The van der Waals surface area contributed by atoms with Gasteiger partial charge in [-0.1, -0.05) is 26.5 Å². The second kappa shape index (κ2) is 7.40. The summed E-state index contributed by atoms with van der Waals surface area (Å²) < 4.78 is 0. The number of rotatable bonds is 5. The fourth-order valence-corrected chi connectivity index (χ4v) is 3.08. The fourth-order valence-electron chi connectivity index (χ4n) is 3.08. The van der Waals surface area contributed by atoms with Crippen molar-refractivity contribution < 1.29 is 5.11 Å². The van der Waals surface area contributed by atoms with E-state index in [-0.39, 0.29) is 6.71 Å². The highest BCUT2D eigenvalue weighted by atomic mass is 16.3. The van der Waals surface area contributed by atoms with Crippen LogP contribution in [0.1, 0.15) is 33.1 Å². The third-order valence-corrected chi connectivity index (χ3v) is 4.45. The van der Waals surface area contributed by atoms with Crippen LogP contribution in [-0.2, 0) is 0 Å². The molecule has 0 aromatic heterocycles. The lowest BCUT2D eigenvalue weighted by Gasteiger charge is -2.37. The molecule has 1 fully saturated rings. The minimum Gasteiger partial charge on any atom is -0.508 e.